The van der Waals surface area contributed by atoms with Gasteiger partial charge in [-0.05, 0) is 29.9 Å². The number of benzene rings is 2. The molecule has 144 valence electrons. The number of carbonyl (C=O) groups is 1. The van der Waals surface area contributed by atoms with E-state index in [2.05, 4.69) is 16.0 Å². The van der Waals surface area contributed by atoms with Gasteiger partial charge in [0.25, 0.3) is 0 Å². The topological polar surface area (TPSA) is 53.2 Å². The maximum absolute atomic E-state index is 12.3. The summed E-state index contributed by atoms with van der Waals surface area (Å²) in [7, 11) is 0. The first-order chi connectivity index (χ1) is 12.7. The van der Waals surface area contributed by atoms with Crippen LogP contribution in [0.3, 0.4) is 0 Å². The van der Waals surface area contributed by atoms with Crippen molar-refractivity contribution in [2.75, 3.05) is 5.32 Å². The maximum Gasteiger partial charge on any atom is 0.228 e. The lowest BCUT2D eigenvalue weighted by atomic mass is 10.1. The van der Waals surface area contributed by atoms with E-state index in [1.54, 1.807) is 18.2 Å². The Bertz CT molecular complexity index is 794. The van der Waals surface area contributed by atoms with Gasteiger partial charge in [-0.1, -0.05) is 94.4 Å². The molecule has 0 aliphatic carbocycles. The molecule has 2 rings (SSSR count). The van der Waals surface area contributed by atoms with Crippen LogP contribution in [0.15, 0.2) is 48.5 Å². The molecule has 2 aromatic carbocycles. The Hall–Kier alpha value is -0.950. The Morgan fingerprint density at radius 3 is 2.11 bits per heavy atom. The van der Waals surface area contributed by atoms with Crippen molar-refractivity contribution in [2.45, 2.75) is 16.4 Å². The van der Waals surface area contributed by atoms with Crippen LogP contribution < -0.4 is 16.0 Å². The number of nitrogens with one attached hydrogen (secondary N) is 3. The van der Waals surface area contributed by atoms with Crippen molar-refractivity contribution in [3.05, 3.63) is 64.1 Å². The van der Waals surface area contributed by atoms with Gasteiger partial charge in [0.05, 0.1) is 22.2 Å². The molecule has 0 saturated heterocycles. The van der Waals surface area contributed by atoms with Crippen LogP contribution in [0.4, 0.5) is 5.69 Å². The van der Waals surface area contributed by atoms with E-state index in [0.29, 0.717) is 15.7 Å². The first kappa shape index (κ1) is 22.3. The van der Waals surface area contributed by atoms with Gasteiger partial charge in [0.2, 0.25) is 9.70 Å². The van der Waals surface area contributed by atoms with E-state index in [0.717, 1.165) is 5.56 Å². The Balaban J connectivity index is 2.04. The number of hydrogen-bond acceptors (Lipinski definition) is 2. The van der Waals surface area contributed by atoms with Crippen molar-refractivity contribution in [3.8, 4) is 0 Å². The molecule has 0 fully saturated rings. The first-order valence-electron chi connectivity index (χ1n) is 7.58. The molecule has 3 N–H and O–H groups in total. The summed E-state index contributed by atoms with van der Waals surface area (Å²) < 4.78 is -1.86. The summed E-state index contributed by atoms with van der Waals surface area (Å²) in [6, 6.07) is 14.2. The number of alkyl halides is 3. The molecule has 2 aromatic rings. The second-order valence-electron chi connectivity index (χ2n) is 5.40. The maximum atomic E-state index is 12.3. The van der Waals surface area contributed by atoms with E-state index >= 15 is 0 Å². The highest BCUT2D eigenvalue weighted by atomic mass is 35.6. The van der Waals surface area contributed by atoms with Gasteiger partial charge in [-0.3, -0.25) is 4.79 Å². The highest BCUT2D eigenvalue weighted by Crippen LogP contribution is 2.31. The molecule has 1 amide bonds. The lowest BCUT2D eigenvalue weighted by molar-refractivity contribution is -0.121. The van der Waals surface area contributed by atoms with E-state index in [9.17, 15) is 4.79 Å². The van der Waals surface area contributed by atoms with Gasteiger partial charge in [-0.25, -0.2) is 0 Å². The molecular formula is C17H14Cl5N3OS. The summed E-state index contributed by atoms with van der Waals surface area (Å²) in [6.07, 6.45) is -0.962. The summed E-state index contributed by atoms with van der Waals surface area (Å²) >= 11 is 35.3. The molecule has 0 spiro atoms. The summed E-state index contributed by atoms with van der Waals surface area (Å²) in [5.74, 6) is -0.344. The fourth-order valence-electron chi connectivity index (χ4n) is 2.09. The van der Waals surface area contributed by atoms with Gasteiger partial charge in [-0.2, -0.15) is 0 Å². The molecule has 1 unspecified atom stereocenters. The minimum Gasteiger partial charge on any atom is -0.339 e. The highest BCUT2D eigenvalue weighted by molar-refractivity contribution is 7.80. The zero-order valence-corrected chi connectivity index (χ0v) is 18.2. The largest absolute Gasteiger partial charge is 0.339 e. The summed E-state index contributed by atoms with van der Waals surface area (Å²) in [6.45, 7) is 0. The number of para-hydroxylation sites is 1. The smallest absolute Gasteiger partial charge is 0.228 e. The highest BCUT2D eigenvalue weighted by Gasteiger charge is 2.34. The quantitative estimate of drug-likeness (QED) is 0.304. The van der Waals surface area contributed by atoms with Crippen molar-refractivity contribution in [1.82, 2.24) is 10.6 Å². The zero-order valence-electron chi connectivity index (χ0n) is 13.6. The average Bonchev–Trinajstić information content (AvgIpc) is 2.58. The zero-order chi connectivity index (χ0) is 20.0. The molecule has 0 aliphatic rings. The number of amides is 1. The van der Waals surface area contributed by atoms with Gasteiger partial charge < -0.3 is 16.0 Å². The van der Waals surface area contributed by atoms with Crippen LogP contribution in [0.5, 0.6) is 0 Å². The van der Waals surface area contributed by atoms with Crippen LogP contribution in [0.25, 0.3) is 0 Å². The minimum atomic E-state index is -1.86. The van der Waals surface area contributed by atoms with Crippen molar-refractivity contribution in [3.63, 3.8) is 0 Å². The van der Waals surface area contributed by atoms with Gasteiger partial charge in [0.1, 0.15) is 6.17 Å². The van der Waals surface area contributed by atoms with E-state index in [1.165, 1.54) is 0 Å². The molecule has 27 heavy (non-hydrogen) atoms. The van der Waals surface area contributed by atoms with Crippen molar-refractivity contribution in [2.24, 2.45) is 0 Å². The van der Waals surface area contributed by atoms with Crippen LogP contribution in [-0.2, 0) is 11.2 Å². The van der Waals surface area contributed by atoms with Crippen LogP contribution in [0.1, 0.15) is 5.56 Å². The second-order valence-corrected chi connectivity index (χ2v) is 8.99. The van der Waals surface area contributed by atoms with Gasteiger partial charge in [0, 0.05) is 0 Å². The lowest BCUT2D eigenvalue weighted by Gasteiger charge is -2.28. The van der Waals surface area contributed by atoms with Crippen molar-refractivity contribution < 1.29 is 4.79 Å². The number of anilines is 1. The van der Waals surface area contributed by atoms with Crippen LogP contribution >= 0.6 is 70.2 Å². The predicted octanol–water partition coefficient (Wildman–Crippen LogP) is 5.34. The molecule has 0 bridgehead atoms. The Kier molecular flexibility index (Phi) is 8.28. The van der Waals surface area contributed by atoms with Crippen molar-refractivity contribution >= 4 is 86.9 Å². The third-order valence-corrected chi connectivity index (χ3v) is 4.82. The Morgan fingerprint density at radius 1 is 0.963 bits per heavy atom. The van der Waals surface area contributed by atoms with Crippen LogP contribution in [0.2, 0.25) is 10.0 Å². The summed E-state index contributed by atoms with van der Waals surface area (Å²) in [5.41, 5.74) is 1.22. The SMILES string of the molecule is O=C(Cc1ccccc1)NC(NC(=S)Nc1c(Cl)cccc1Cl)C(Cl)(Cl)Cl. The third-order valence-electron chi connectivity index (χ3n) is 3.32. The fourth-order valence-corrected chi connectivity index (χ4v) is 3.13. The summed E-state index contributed by atoms with van der Waals surface area (Å²) in [5, 5.41) is 9.00. The molecular weight excluding hydrogens is 472 g/mol. The average molecular weight is 486 g/mol. The first-order valence-corrected chi connectivity index (χ1v) is 9.88. The normalized spacial score (nSPS) is 12.2. The van der Waals surface area contributed by atoms with Crippen LogP contribution in [-0.4, -0.2) is 21.0 Å². The number of thiocarbonyl (C=S) groups is 1. The molecule has 0 aromatic heterocycles. The monoisotopic (exact) mass is 483 g/mol. The van der Waals surface area contributed by atoms with Gasteiger partial charge in [0.15, 0.2) is 5.11 Å². The molecule has 0 aliphatic heterocycles. The van der Waals surface area contributed by atoms with E-state index in [1.807, 2.05) is 30.3 Å². The number of carbonyl (C=O) groups excluding carboxylic acids is 1. The predicted molar refractivity (Wildman–Crippen MR) is 118 cm³/mol. The fraction of sp³-hybridized carbons (Fsp3) is 0.176. The van der Waals surface area contributed by atoms with E-state index in [4.69, 9.17) is 70.2 Å². The lowest BCUT2D eigenvalue weighted by Crippen LogP contribution is -2.56. The minimum absolute atomic E-state index is 0.0707. The standard InChI is InChI=1S/C17H14Cl5N3OS/c18-11-7-4-8-12(19)14(11)24-16(27)25-15(17(20,21)22)23-13(26)9-10-5-2-1-3-6-10/h1-8,15H,9H2,(H,23,26)(H2,24,25,27). The number of halogens is 5. The molecule has 10 heteroatoms. The molecule has 4 nitrogen and oxygen atoms in total. The third kappa shape index (κ3) is 7.18. The number of hydrogen-bond donors (Lipinski definition) is 3. The second kappa shape index (κ2) is 10.0. The Morgan fingerprint density at radius 2 is 1.56 bits per heavy atom. The van der Waals surface area contributed by atoms with E-state index in [-0.39, 0.29) is 17.4 Å². The molecule has 1 atom stereocenters. The Labute approximate surface area is 187 Å². The molecule has 0 heterocycles. The van der Waals surface area contributed by atoms with Crippen LogP contribution in [0, 0.1) is 0 Å². The number of rotatable bonds is 5. The van der Waals surface area contributed by atoms with Crippen molar-refractivity contribution in [1.29, 1.82) is 0 Å². The molecule has 0 radical (unpaired) electrons. The summed E-state index contributed by atoms with van der Waals surface area (Å²) in [4.78, 5) is 12.3. The molecule has 0 saturated carbocycles. The van der Waals surface area contributed by atoms with Gasteiger partial charge >= 0.3 is 0 Å². The van der Waals surface area contributed by atoms with Gasteiger partial charge in [-0.15, -0.1) is 0 Å². The van der Waals surface area contributed by atoms with E-state index < -0.39 is 9.96 Å².